The van der Waals surface area contributed by atoms with Crippen LogP contribution in [0.2, 0.25) is 5.02 Å². The van der Waals surface area contributed by atoms with Gasteiger partial charge in [-0.25, -0.2) is 0 Å². The van der Waals surface area contributed by atoms with Crippen LogP contribution in [0, 0.1) is 6.92 Å². The summed E-state index contributed by atoms with van der Waals surface area (Å²) < 4.78 is 5.51. The molecule has 1 aromatic carbocycles. The van der Waals surface area contributed by atoms with Crippen molar-refractivity contribution >= 4 is 28.9 Å². The van der Waals surface area contributed by atoms with Crippen molar-refractivity contribution in [2.45, 2.75) is 26.7 Å². The Kier molecular flexibility index (Phi) is 4.36. The minimum Gasteiger partial charge on any atom is -0.450 e. The van der Waals surface area contributed by atoms with Crippen LogP contribution >= 0.6 is 23.8 Å². The summed E-state index contributed by atoms with van der Waals surface area (Å²) >= 11 is 10.9. The molecule has 0 bridgehead atoms. The second kappa shape index (κ2) is 5.32. The molecule has 0 saturated heterocycles. The van der Waals surface area contributed by atoms with Gasteiger partial charge in [0.05, 0.1) is 0 Å². The number of aryl methyl sites for hydroxylation is 1. The average Bonchev–Trinajstić information content (AvgIpc) is 2.10. The van der Waals surface area contributed by atoms with Crippen LogP contribution in [0.5, 0.6) is 5.75 Å². The van der Waals surface area contributed by atoms with Gasteiger partial charge in [0.2, 0.25) is 0 Å². The lowest BCUT2D eigenvalue weighted by Crippen LogP contribution is -2.05. The Morgan fingerprint density at radius 2 is 2.21 bits per heavy atom. The summed E-state index contributed by atoms with van der Waals surface area (Å²) in [6.07, 6.45) is 1.82. The van der Waals surface area contributed by atoms with Gasteiger partial charge in [-0.2, -0.15) is 0 Å². The van der Waals surface area contributed by atoms with E-state index in [1.807, 2.05) is 19.1 Å². The monoisotopic (exact) mass is 228 g/mol. The summed E-state index contributed by atoms with van der Waals surface area (Å²) in [6.45, 7) is 4.03. The maximum absolute atomic E-state index is 5.83. The van der Waals surface area contributed by atoms with Crippen molar-refractivity contribution in [3.8, 4) is 5.75 Å². The van der Waals surface area contributed by atoms with Crippen LogP contribution in [0.4, 0.5) is 0 Å². The van der Waals surface area contributed by atoms with Crippen LogP contribution in [0.15, 0.2) is 18.2 Å². The summed E-state index contributed by atoms with van der Waals surface area (Å²) in [7, 11) is 0. The highest BCUT2D eigenvalue weighted by molar-refractivity contribution is 7.80. The Morgan fingerprint density at radius 1 is 1.50 bits per heavy atom. The van der Waals surface area contributed by atoms with E-state index in [0.717, 1.165) is 29.2 Å². The molecule has 0 aliphatic carbocycles. The van der Waals surface area contributed by atoms with Crippen molar-refractivity contribution < 1.29 is 4.74 Å². The fraction of sp³-hybridized carbons (Fsp3) is 0.364. The molecule has 76 valence electrons. The van der Waals surface area contributed by atoms with Gasteiger partial charge in [-0.05, 0) is 49.3 Å². The summed E-state index contributed by atoms with van der Waals surface area (Å²) in [6, 6.07) is 5.52. The second-order valence-corrected chi connectivity index (χ2v) is 4.03. The molecule has 0 amide bonds. The molecule has 1 nitrogen and oxygen atoms in total. The molecule has 0 aromatic heterocycles. The highest BCUT2D eigenvalue weighted by atomic mass is 35.5. The molecule has 0 fully saturated rings. The van der Waals surface area contributed by atoms with Gasteiger partial charge in [-0.15, -0.1) is 0 Å². The van der Waals surface area contributed by atoms with Crippen LogP contribution in [-0.2, 0) is 0 Å². The van der Waals surface area contributed by atoms with Gasteiger partial charge in [0.1, 0.15) is 5.75 Å². The van der Waals surface area contributed by atoms with E-state index in [1.165, 1.54) is 0 Å². The zero-order valence-corrected chi connectivity index (χ0v) is 9.91. The number of halogens is 1. The lowest BCUT2D eigenvalue weighted by molar-refractivity contribution is 0.541. The van der Waals surface area contributed by atoms with Crippen molar-refractivity contribution in [1.29, 1.82) is 0 Å². The molecule has 0 unspecified atom stereocenters. The molecule has 14 heavy (non-hydrogen) atoms. The Hall–Kier alpha value is -0.600. The predicted octanol–water partition coefficient (Wildman–Crippen LogP) is 4.15. The summed E-state index contributed by atoms with van der Waals surface area (Å²) in [5, 5.41) is 1.36. The maximum Gasteiger partial charge on any atom is 0.167 e. The van der Waals surface area contributed by atoms with Gasteiger partial charge in [0.25, 0.3) is 0 Å². The smallest absolute Gasteiger partial charge is 0.167 e. The first-order chi connectivity index (χ1) is 6.63. The Morgan fingerprint density at radius 3 is 2.79 bits per heavy atom. The SMILES string of the molecule is CCCC(=S)Oc1ccc(Cl)cc1C. The van der Waals surface area contributed by atoms with Gasteiger partial charge in [-0.1, -0.05) is 18.5 Å². The molecule has 0 heterocycles. The number of benzene rings is 1. The topological polar surface area (TPSA) is 9.23 Å². The lowest BCUT2D eigenvalue weighted by atomic mass is 10.2. The van der Waals surface area contributed by atoms with E-state index >= 15 is 0 Å². The Balaban J connectivity index is 2.72. The first kappa shape index (κ1) is 11.5. The number of thiocarbonyl (C=S) groups is 1. The minimum atomic E-state index is 0.637. The van der Waals surface area contributed by atoms with Gasteiger partial charge in [-0.3, -0.25) is 0 Å². The molecular formula is C11H13ClOS. The van der Waals surface area contributed by atoms with Crippen molar-refractivity contribution in [3.05, 3.63) is 28.8 Å². The molecule has 1 aromatic rings. The fourth-order valence-corrected chi connectivity index (χ4v) is 1.63. The average molecular weight is 229 g/mol. The minimum absolute atomic E-state index is 0.637. The highest BCUT2D eigenvalue weighted by Crippen LogP contribution is 2.22. The highest BCUT2D eigenvalue weighted by Gasteiger charge is 2.03. The number of hydrogen-bond donors (Lipinski definition) is 0. The number of rotatable bonds is 3. The zero-order chi connectivity index (χ0) is 10.6. The van der Waals surface area contributed by atoms with Crippen LogP contribution in [0.3, 0.4) is 0 Å². The zero-order valence-electron chi connectivity index (χ0n) is 8.34. The Labute approximate surface area is 95.0 Å². The molecule has 0 spiro atoms. The molecule has 0 radical (unpaired) electrons. The fourth-order valence-electron chi connectivity index (χ4n) is 1.11. The largest absolute Gasteiger partial charge is 0.450 e. The second-order valence-electron chi connectivity index (χ2n) is 3.13. The van der Waals surface area contributed by atoms with E-state index in [0.29, 0.717) is 5.05 Å². The van der Waals surface area contributed by atoms with Gasteiger partial charge in [0, 0.05) is 11.4 Å². The summed E-state index contributed by atoms with van der Waals surface area (Å²) in [5.74, 6) is 0.799. The predicted molar refractivity (Wildman–Crippen MR) is 64.3 cm³/mol. The molecule has 0 N–H and O–H groups in total. The third kappa shape index (κ3) is 3.28. The van der Waals surface area contributed by atoms with E-state index in [9.17, 15) is 0 Å². The maximum atomic E-state index is 5.83. The molecular weight excluding hydrogens is 216 g/mol. The quantitative estimate of drug-likeness (QED) is 0.719. The summed E-state index contributed by atoms with van der Waals surface area (Å²) in [5.41, 5.74) is 1.01. The normalized spacial score (nSPS) is 9.93. The lowest BCUT2D eigenvalue weighted by Gasteiger charge is -2.08. The van der Waals surface area contributed by atoms with E-state index < -0.39 is 0 Å². The third-order valence-electron chi connectivity index (χ3n) is 1.81. The van der Waals surface area contributed by atoms with Crippen molar-refractivity contribution in [3.63, 3.8) is 0 Å². The van der Waals surface area contributed by atoms with Gasteiger partial charge in [0.15, 0.2) is 5.05 Å². The van der Waals surface area contributed by atoms with Crippen molar-refractivity contribution in [1.82, 2.24) is 0 Å². The number of ether oxygens (including phenoxy) is 1. The Bertz CT molecular complexity index is 336. The first-order valence-electron chi connectivity index (χ1n) is 4.60. The van der Waals surface area contributed by atoms with E-state index in [4.69, 9.17) is 28.6 Å². The van der Waals surface area contributed by atoms with E-state index in [-0.39, 0.29) is 0 Å². The van der Waals surface area contributed by atoms with E-state index in [2.05, 4.69) is 6.92 Å². The van der Waals surface area contributed by atoms with Crippen LogP contribution in [0.25, 0.3) is 0 Å². The van der Waals surface area contributed by atoms with Crippen LogP contribution < -0.4 is 4.74 Å². The van der Waals surface area contributed by atoms with Crippen molar-refractivity contribution in [2.75, 3.05) is 0 Å². The molecule has 0 saturated carbocycles. The molecule has 0 atom stereocenters. The van der Waals surface area contributed by atoms with E-state index in [1.54, 1.807) is 6.07 Å². The molecule has 3 heteroatoms. The molecule has 0 aliphatic heterocycles. The molecule has 0 aliphatic rings. The van der Waals surface area contributed by atoms with Crippen molar-refractivity contribution in [2.24, 2.45) is 0 Å². The third-order valence-corrected chi connectivity index (χ3v) is 2.34. The van der Waals surface area contributed by atoms with Crippen LogP contribution in [-0.4, -0.2) is 5.05 Å². The first-order valence-corrected chi connectivity index (χ1v) is 5.39. The number of hydrogen-bond acceptors (Lipinski definition) is 2. The molecule has 1 rings (SSSR count). The van der Waals surface area contributed by atoms with Crippen LogP contribution in [0.1, 0.15) is 25.3 Å². The van der Waals surface area contributed by atoms with Gasteiger partial charge < -0.3 is 4.74 Å². The standard InChI is InChI=1S/C11H13ClOS/c1-3-4-11(14)13-10-6-5-9(12)7-8(10)2/h5-7H,3-4H2,1-2H3. The van der Waals surface area contributed by atoms with Gasteiger partial charge >= 0.3 is 0 Å². The summed E-state index contributed by atoms with van der Waals surface area (Å²) in [4.78, 5) is 0.